The summed E-state index contributed by atoms with van der Waals surface area (Å²) in [7, 11) is 1.43. The summed E-state index contributed by atoms with van der Waals surface area (Å²) in [6, 6.07) is 4.18. The van der Waals surface area contributed by atoms with Crippen molar-refractivity contribution in [2.75, 3.05) is 7.05 Å². The zero-order valence-corrected chi connectivity index (χ0v) is 8.07. The van der Waals surface area contributed by atoms with Gasteiger partial charge in [-0.1, -0.05) is 5.92 Å². The highest BCUT2D eigenvalue weighted by molar-refractivity contribution is 6.04. The Morgan fingerprint density at radius 3 is 2.53 bits per heavy atom. The number of carbonyl (C=O) groups excluding carboxylic acids is 1. The minimum atomic E-state index is -1.16. The fourth-order valence-corrected chi connectivity index (χ4v) is 1.14. The number of hydrogen-bond acceptors (Lipinski definition) is 2. The molecule has 0 spiro atoms. The quantitative estimate of drug-likeness (QED) is 0.696. The molecule has 0 aliphatic carbocycles. The lowest BCUT2D eigenvalue weighted by Gasteiger charge is -2.04. The van der Waals surface area contributed by atoms with E-state index in [-0.39, 0.29) is 11.1 Å². The second-order valence-corrected chi connectivity index (χ2v) is 2.79. The van der Waals surface area contributed by atoms with E-state index in [0.717, 1.165) is 0 Å². The topological polar surface area (TPSA) is 66.4 Å². The minimum Gasteiger partial charge on any atom is -0.478 e. The fourth-order valence-electron chi connectivity index (χ4n) is 1.14. The van der Waals surface area contributed by atoms with Crippen LogP contribution in [0.3, 0.4) is 0 Å². The number of nitrogens with one attached hydrogen (secondary N) is 1. The van der Waals surface area contributed by atoms with Crippen LogP contribution in [0.4, 0.5) is 0 Å². The number of aromatic carboxylic acids is 1. The van der Waals surface area contributed by atoms with Crippen molar-refractivity contribution in [3.8, 4) is 12.3 Å². The number of carboxylic acids is 1. The first-order chi connectivity index (χ1) is 7.10. The molecule has 0 aromatic heterocycles. The van der Waals surface area contributed by atoms with Gasteiger partial charge in [0.1, 0.15) is 0 Å². The molecule has 15 heavy (non-hydrogen) atoms. The first kappa shape index (κ1) is 10.8. The van der Waals surface area contributed by atoms with E-state index in [1.807, 2.05) is 0 Å². The van der Waals surface area contributed by atoms with Gasteiger partial charge in [0.15, 0.2) is 0 Å². The predicted octanol–water partition coefficient (Wildman–Crippen LogP) is 0.726. The second kappa shape index (κ2) is 4.29. The molecule has 0 fully saturated rings. The van der Waals surface area contributed by atoms with E-state index < -0.39 is 11.9 Å². The molecule has 0 radical (unpaired) electrons. The monoisotopic (exact) mass is 203 g/mol. The lowest BCUT2D eigenvalue weighted by atomic mass is 10.0. The highest BCUT2D eigenvalue weighted by atomic mass is 16.4. The zero-order valence-electron chi connectivity index (χ0n) is 8.07. The van der Waals surface area contributed by atoms with Crippen molar-refractivity contribution in [1.82, 2.24) is 5.32 Å². The first-order valence-corrected chi connectivity index (χ1v) is 4.16. The lowest BCUT2D eigenvalue weighted by molar-refractivity contribution is 0.0691. The largest absolute Gasteiger partial charge is 0.478 e. The summed E-state index contributed by atoms with van der Waals surface area (Å²) in [6.45, 7) is 0. The van der Waals surface area contributed by atoms with Crippen LogP contribution in [0, 0.1) is 12.3 Å². The van der Waals surface area contributed by atoms with Gasteiger partial charge in [-0.05, 0) is 18.2 Å². The van der Waals surface area contributed by atoms with Crippen molar-refractivity contribution >= 4 is 11.9 Å². The van der Waals surface area contributed by atoms with Gasteiger partial charge in [0.25, 0.3) is 5.91 Å². The summed E-state index contributed by atoms with van der Waals surface area (Å²) < 4.78 is 0. The molecule has 0 aliphatic rings. The number of rotatable bonds is 2. The zero-order chi connectivity index (χ0) is 11.4. The Kier molecular flexibility index (Phi) is 3.09. The van der Waals surface area contributed by atoms with E-state index in [1.54, 1.807) is 0 Å². The van der Waals surface area contributed by atoms with Crippen molar-refractivity contribution in [2.24, 2.45) is 0 Å². The Morgan fingerprint density at radius 1 is 1.40 bits per heavy atom. The average Bonchev–Trinajstić information content (AvgIpc) is 2.26. The van der Waals surface area contributed by atoms with Crippen molar-refractivity contribution in [3.05, 3.63) is 34.9 Å². The molecule has 0 heterocycles. The van der Waals surface area contributed by atoms with Gasteiger partial charge in [0.2, 0.25) is 0 Å². The fraction of sp³-hybridized carbons (Fsp3) is 0.0909. The Morgan fingerprint density at radius 2 is 2.07 bits per heavy atom. The number of hydrogen-bond donors (Lipinski definition) is 2. The van der Waals surface area contributed by atoms with Crippen LogP contribution in [0.1, 0.15) is 26.3 Å². The molecule has 1 aromatic carbocycles. The van der Waals surface area contributed by atoms with Gasteiger partial charge in [-0.2, -0.15) is 0 Å². The van der Waals surface area contributed by atoms with Crippen LogP contribution in [0.2, 0.25) is 0 Å². The highest BCUT2D eigenvalue weighted by Gasteiger charge is 2.15. The second-order valence-electron chi connectivity index (χ2n) is 2.79. The molecule has 4 nitrogen and oxygen atoms in total. The van der Waals surface area contributed by atoms with Crippen LogP contribution >= 0.6 is 0 Å². The van der Waals surface area contributed by atoms with E-state index >= 15 is 0 Å². The van der Waals surface area contributed by atoms with Gasteiger partial charge in [0, 0.05) is 12.6 Å². The number of amides is 1. The third kappa shape index (κ3) is 2.15. The first-order valence-electron chi connectivity index (χ1n) is 4.16. The third-order valence-corrected chi connectivity index (χ3v) is 1.89. The van der Waals surface area contributed by atoms with E-state index in [9.17, 15) is 9.59 Å². The summed E-state index contributed by atoms with van der Waals surface area (Å²) in [5.74, 6) is 0.716. The molecular formula is C11H9NO3. The minimum absolute atomic E-state index is 0.0617. The SMILES string of the molecule is C#Cc1ccc(C(=O)O)c(C(=O)NC)c1. The molecule has 76 valence electrons. The Bertz CT molecular complexity index is 457. The predicted molar refractivity (Wildman–Crippen MR) is 54.7 cm³/mol. The number of carboxylic acid groups (broad SMARTS) is 1. The third-order valence-electron chi connectivity index (χ3n) is 1.89. The Balaban J connectivity index is 3.36. The van der Waals surface area contributed by atoms with Crippen LogP contribution in [0.25, 0.3) is 0 Å². The molecule has 0 bridgehead atoms. The van der Waals surface area contributed by atoms with Crippen LogP contribution in [0.15, 0.2) is 18.2 Å². The summed E-state index contributed by atoms with van der Waals surface area (Å²) in [5, 5.41) is 11.2. The molecule has 0 saturated heterocycles. The Hall–Kier alpha value is -2.28. The average molecular weight is 203 g/mol. The Labute approximate surface area is 86.9 Å². The van der Waals surface area contributed by atoms with Crippen LogP contribution in [-0.4, -0.2) is 24.0 Å². The summed E-state index contributed by atoms with van der Waals surface area (Å²) in [6.07, 6.45) is 5.16. The van der Waals surface area contributed by atoms with Crippen molar-refractivity contribution < 1.29 is 14.7 Å². The van der Waals surface area contributed by atoms with Gasteiger partial charge < -0.3 is 10.4 Å². The molecule has 1 amide bonds. The van der Waals surface area contributed by atoms with Crippen LogP contribution in [-0.2, 0) is 0 Å². The normalized spacial score (nSPS) is 9.07. The van der Waals surface area contributed by atoms with Gasteiger partial charge in [0.05, 0.1) is 11.1 Å². The maximum Gasteiger partial charge on any atom is 0.336 e. The van der Waals surface area contributed by atoms with Gasteiger partial charge in [-0.25, -0.2) is 4.79 Å². The summed E-state index contributed by atoms with van der Waals surface area (Å²) >= 11 is 0. The number of carbonyl (C=O) groups is 2. The maximum atomic E-state index is 11.4. The molecule has 0 saturated carbocycles. The summed E-state index contributed by atoms with van der Waals surface area (Å²) in [4.78, 5) is 22.2. The lowest BCUT2D eigenvalue weighted by Crippen LogP contribution is -2.21. The van der Waals surface area contributed by atoms with Gasteiger partial charge in [-0.3, -0.25) is 4.79 Å². The van der Waals surface area contributed by atoms with Crippen LogP contribution < -0.4 is 5.32 Å². The number of benzene rings is 1. The van der Waals surface area contributed by atoms with Crippen molar-refractivity contribution in [2.45, 2.75) is 0 Å². The molecule has 0 unspecified atom stereocenters. The standard InChI is InChI=1S/C11H9NO3/c1-3-7-4-5-8(11(14)15)9(6-7)10(13)12-2/h1,4-6H,2H3,(H,12,13)(H,14,15). The summed E-state index contributed by atoms with van der Waals surface area (Å²) in [5.41, 5.74) is 0.479. The van der Waals surface area contributed by atoms with Gasteiger partial charge >= 0.3 is 5.97 Å². The highest BCUT2D eigenvalue weighted by Crippen LogP contribution is 2.11. The van der Waals surface area contributed by atoms with E-state index in [0.29, 0.717) is 5.56 Å². The smallest absolute Gasteiger partial charge is 0.336 e. The molecular weight excluding hydrogens is 194 g/mol. The van der Waals surface area contributed by atoms with Crippen molar-refractivity contribution in [3.63, 3.8) is 0 Å². The number of terminal acetylenes is 1. The molecule has 1 rings (SSSR count). The maximum absolute atomic E-state index is 11.4. The van der Waals surface area contributed by atoms with E-state index in [4.69, 9.17) is 11.5 Å². The molecule has 0 atom stereocenters. The molecule has 1 aromatic rings. The van der Waals surface area contributed by atoms with Crippen molar-refractivity contribution in [1.29, 1.82) is 0 Å². The molecule has 4 heteroatoms. The molecule has 0 aliphatic heterocycles. The van der Waals surface area contributed by atoms with E-state index in [1.165, 1.54) is 25.2 Å². The molecule has 2 N–H and O–H groups in total. The van der Waals surface area contributed by atoms with Crippen LogP contribution in [0.5, 0.6) is 0 Å². The van der Waals surface area contributed by atoms with Gasteiger partial charge in [-0.15, -0.1) is 6.42 Å². The van der Waals surface area contributed by atoms with E-state index in [2.05, 4.69) is 11.2 Å².